The topological polar surface area (TPSA) is 94.8 Å². The van der Waals surface area contributed by atoms with Crippen LogP contribution < -0.4 is 0 Å². The Kier molecular flexibility index (Phi) is 15.2. The fourth-order valence-corrected chi connectivity index (χ4v) is 0.106. The first-order valence-corrected chi connectivity index (χ1v) is 1.69. The second kappa shape index (κ2) is 8.63. The van der Waals surface area contributed by atoms with E-state index in [0.29, 0.717) is 0 Å². The number of hydrogen-bond donors (Lipinski definition) is 3. The Morgan fingerprint density at radius 2 is 1.30 bits per heavy atom. The van der Waals surface area contributed by atoms with Gasteiger partial charge in [0.1, 0.15) is 0 Å². The minimum atomic E-state index is -2.30. The van der Waals surface area contributed by atoms with Crippen molar-refractivity contribution in [3.63, 3.8) is 0 Å². The molecule has 0 aliphatic carbocycles. The van der Waals surface area contributed by atoms with Crippen LogP contribution in [-0.2, 0) is 9.59 Å². The predicted molar refractivity (Wildman–Crippen MR) is 35.6 cm³/mol. The zero-order valence-electron chi connectivity index (χ0n) is 3.74. The van der Waals surface area contributed by atoms with Crippen LogP contribution >= 0.6 is 0 Å². The zero-order valence-corrected chi connectivity index (χ0v) is 3.74. The van der Waals surface area contributed by atoms with E-state index in [1.54, 1.807) is 0 Å². The Morgan fingerprint density at radius 1 is 1.10 bits per heavy atom. The minimum absolute atomic E-state index is 0. The van der Waals surface area contributed by atoms with Gasteiger partial charge in [0.15, 0.2) is 0 Å². The second-order valence-electron chi connectivity index (χ2n) is 1.08. The van der Waals surface area contributed by atoms with Gasteiger partial charge in [-0.05, 0) is 0 Å². The molecule has 0 bridgehead atoms. The first kappa shape index (κ1) is 17.6. The standard InChI is InChI=1S/C3H4O5.K.Na.2H/c4-1(2(5)6)3(7)8;;;;/h1,4H,(H,5,6)(H,7,8);;;;. The number of hydrogen-bond acceptors (Lipinski definition) is 3. The molecule has 50 valence electrons. The molecule has 0 radical (unpaired) electrons. The molecule has 0 aromatic rings. The van der Waals surface area contributed by atoms with Crippen LogP contribution in [0.5, 0.6) is 0 Å². The molecule has 0 saturated carbocycles. The van der Waals surface area contributed by atoms with Crippen molar-refractivity contribution in [3.05, 3.63) is 0 Å². The van der Waals surface area contributed by atoms with Gasteiger partial charge in [-0.15, -0.1) is 0 Å². The third kappa shape index (κ3) is 7.64. The van der Waals surface area contributed by atoms with Gasteiger partial charge in [0, 0.05) is 0 Å². The first-order chi connectivity index (χ1) is 3.55. The predicted octanol–water partition coefficient (Wildman–Crippen LogP) is -2.78. The molecule has 10 heavy (non-hydrogen) atoms. The summed E-state index contributed by atoms with van der Waals surface area (Å²) in [5.41, 5.74) is 0. The van der Waals surface area contributed by atoms with Crippen molar-refractivity contribution in [1.29, 1.82) is 0 Å². The molecule has 0 aromatic carbocycles. The number of carboxylic acid groups (broad SMARTS) is 2. The molecule has 0 fully saturated rings. The summed E-state index contributed by atoms with van der Waals surface area (Å²) in [6.45, 7) is 0. The van der Waals surface area contributed by atoms with Gasteiger partial charge in [-0.3, -0.25) is 0 Å². The fraction of sp³-hybridized carbons (Fsp3) is 0.333. The van der Waals surface area contributed by atoms with Crippen molar-refractivity contribution in [3.8, 4) is 0 Å². The van der Waals surface area contributed by atoms with Gasteiger partial charge in [0.25, 0.3) is 0 Å². The van der Waals surface area contributed by atoms with E-state index in [1.165, 1.54) is 0 Å². The van der Waals surface area contributed by atoms with Gasteiger partial charge < -0.3 is 15.3 Å². The molecular formula is C3H6KNaO5. The number of aliphatic hydroxyl groups is 1. The molecule has 0 amide bonds. The normalized spacial score (nSPS) is 7.40. The van der Waals surface area contributed by atoms with Crippen molar-refractivity contribution < 1.29 is 24.9 Å². The van der Waals surface area contributed by atoms with Crippen LogP contribution in [0, 0.1) is 0 Å². The van der Waals surface area contributed by atoms with Crippen LogP contribution in [0.15, 0.2) is 0 Å². The Labute approximate surface area is 122 Å². The maximum absolute atomic E-state index is 9.51. The van der Waals surface area contributed by atoms with E-state index in [0.717, 1.165) is 0 Å². The number of aliphatic hydroxyl groups excluding tert-OH is 1. The molecule has 0 aliphatic rings. The summed E-state index contributed by atoms with van der Waals surface area (Å²) in [5.74, 6) is -3.50. The van der Waals surface area contributed by atoms with Crippen molar-refractivity contribution in [2.75, 3.05) is 0 Å². The molecule has 0 heterocycles. The van der Waals surface area contributed by atoms with E-state index in [2.05, 4.69) is 0 Å². The number of aliphatic carboxylic acids is 2. The molecule has 5 nitrogen and oxygen atoms in total. The Balaban J connectivity index is -0.000000245. The number of rotatable bonds is 2. The van der Waals surface area contributed by atoms with Crippen LogP contribution in [0.2, 0.25) is 0 Å². The fourth-order valence-electron chi connectivity index (χ4n) is 0.106. The molecule has 0 atom stereocenters. The van der Waals surface area contributed by atoms with E-state index >= 15 is 0 Å². The summed E-state index contributed by atoms with van der Waals surface area (Å²) in [5, 5.41) is 23.4. The summed E-state index contributed by atoms with van der Waals surface area (Å²) in [4.78, 5) is 19.0. The summed E-state index contributed by atoms with van der Waals surface area (Å²) in [7, 11) is 0. The van der Waals surface area contributed by atoms with Gasteiger partial charge in [0.2, 0.25) is 6.10 Å². The maximum atomic E-state index is 9.51. The van der Waals surface area contributed by atoms with Crippen molar-refractivity contribution in [2.45, 2.75) is 6.10 Å². The molecule has 0 spiro atoms. The quantitative estimate of drug-likeness (QED) is 0.319. The number of carbonyl (C=O) groups is 2. The molecule has 0 saturated heterocycles. The van der Waals surface area contributed by atoms with E-state index < -0.39 is 18.0 Å². The Bertz CT molecular complexity index is 112. The van der Waals surface area contributed by atoms with Crippen molar-refractivity contribution in [1.82, 2.24) is 0 Å². The first-order valence-electron chi connectivity index (χ1n) is 1.69. The number of carboxylic acids is 2. The third-order valence-electron chi connectivity index (χ3n) is 0.468. The summed E-state index contributed by atoms with van der Waals surface area (Å²) in [6.07, 6.45) is -2.30. The molecule has 0 aliphatic heterocycles. The average molecular weight is 184 g/mol. The monoisotopic (exact) mass is 184 g/mol. The van der Waals surface area contributed by atoms with Crippen LogP contribution in [0.1, 0.15) is 0 Å². The van der Waals surface area contributed by atoms with E-state index in [-0.39, 0.29) is 80.9 Å². The third-order valence-corrected chi connectivity index (χ3v) is 0.468. The molecule has 0 unspecified atom stereocenters. The SMILES string of the molecule is O=C(O)C(O)C(=O)O.[KH].[NaH]. The zero-order chi connectivity index (χ0) is 6.73. The van der Waals surface area contributed by atoms with Crippen LogP contribution in [-0.4, -0.2) is 114 Å². The van der Waals surface area contributed by atoms with Gasteiger partial charge in [0.05, 0.1) is 0 Å². The van der Waals surface area contributed by atoms with Gasteiger partial charge >= 0.3 is 92.9 Å². The van der Waals surface area contributed by atoms with E-state index in [1.807, 2.05) is 0 Å². The van der Waals surface area contributed by atoms with Gasteiger partial charge in [-0.1, -0.05) is 0 Å². The van der Waals surface area contributed by atoms with Gasteiger partial charge in [-0.25, -0.2) is 9.59 Å². The Morgan fingerprint density at radius 3 is 1.30 bits per heavy atom. The van der Waals surface area contributed by atoms with Crippen molar-refractivity contribution in [2.24, 2.45) is 0 Å². The second-order valence-corrected chi connectivity index (χ2v) is 1.08. The summed E-state index contributed by atoms with van der Waals surface area (Å²) in [6, 6.07) is 0. The van der Waals surface area contributed by atoms with Crippen molar-refractivity contribution >= 4 is 92.9 Å². The van der Waals surface area contributed by atoms with E-state index in [9.17, 15) is 9.59 Å². The molecule has 3 N–H and O–H groups in total. The molecular weight excluding hydrogens is 178 g/mol. The molecule has 0 rings (SSSR count). The van der Waals surface area contributed by atoms with Crippen LogP contribution in [0.25, 0.3) is 0 Å². The van der Waals surface area contributed by atoms with Crippen LogP contribution in [0.3, 0.4) is 0 Å². The Hall–Kier alpha value is 1.54. The molecule has 0 aromatic heterocycles. The van der Waals surface area contributed by atoms with Crippen LogP contribution in [0.4, 0.5) is 0 Å². The molecule has 7 heteroatoms. The van der Waals surface area contributed by atoms with E-state index in [4.69, 9.17) is 15.3 Å². The average Bonchev–Trinajstić information content (AvgIpc) is 1.64. The van der Waals surface area contributed by atoms with Gasteiger partial charge in [-0.2, -0.15) is 0 Å². The summed E-state index contributed by atoms with van der Waals surface area (Å²) >= 11 is 0. The summed E-state index contributed by atoms with van der Waals surface area (Å²) < 4.78 is 0.